The lowest BCUT2D eigenvalue weighted by Crippen LogP contribution is -1.99. The monoisotopic (exact) mass is 293 g/mol. The van der Waals surface area contributed by atoms with Crippen molar-refractivity contribution >= 4 is 21.9 Å². The Kier molecular flexibility index (Phi) is 5.08. The van der Waals surface area contributed by atoms with E-state index < -0.39 is 5.97 Å². The molecule has 1 aromatic rings. The highest BCUT2D eigenvalue weighted by Crippen LogP contribution is 2.16. The molecule has 0 radical (unpaired) electrons. The molecule has 5 nitrogen and oxygen atoms in total. The Morgan fingerprint density at radius 2 is 2.35 bits per heavy atom. The third-order valence-corrected chi connectivity index (χ3v) is 2.33. The van der Waals surface area contributed by atoms with E-state index in [-0.39, 0.29) is 12.1 Å². The summed E-state index contributed by atoms with van der Waals surface area (Å²) in [5.41, 5.74) is 8.65. The second-order valence-electron chi connectivity index (χ2n) is 3.00. The molecule has 0 aliphatic heterocycles. The maximum atomic E-state index is 11.0. The van der Waals surface area contributed by atoms with E-state index in [1.807, 2.05) is 0 Å². The summed E-state index contributed by atoms with van der Waals surface area (Å²) in [6.07, 6.45) is 0.402. The van der Waals surface area contributed by atoms with Crippen LogP contribution in [0.15, 0.2) is 27.8 Å². The quantitative estimate of drug-likeness (QED) is 0.305. The number of benzene rings is 1. The van der Waals surface area contributed by atoms with E-state index in [1.54, 1.807) is 12.1 Å². The molecule has 0 atom stereocenters. The number of carboxylic acid groups (broad SMARTS) is 1. The van der Waals surface area contributed by atoms with Gasteiger partial charge in [-0.25, -0.2) is 4.79 Å². The summed E-state index contributed by atoms with van der Waals surface area (Å²) in [4.78, 5) is 13.5. The molecule has 0 heterocycles. The van der Waals surface area contributed by atoms with Crippen molar-refractivity contribution in [2.45, 2.75) is 6.42 Å². The number of nitrogens with zero attached hydrogens (tertiary/aromatic N) is 3. The molecule has 0 aliphatic rings. The van der Waals surface area contributed by atoms with Crippen LogP contribution in [0.4, 0.5) is 0 Å². The molecule has 0 fully saturated rings. The molecular formula is C11H8BrN3O2. The van der Waals surface area contributed by atoms with Gasteiger partial charge in [0, 0.05) is 27.9 Å². The summed E-state index contributed by atoms with van der Waals surface area (Å²) in [7, 11) is 0. The lowest BCUT2D eigenvalue weighted by Gasteiger charge is -1.99. The predicted molar refractivity (Wildman–Crippen MR) is 66.6 cm³/mol. The molecule has 0 amide bonds. The lowest BCUT2D eigenvalue weighted by molar-refractivity contribution is 0.0696. The van der Waals surface area contributed by atoms with Gasteiger partial charge in [0.05, 0.1) is 5.56 Å². The van der Waals surface area contributed by atoms with Crippen molar-refractivity contribution in [3.05, 3.63) is 44.2 Å². The van der Waals surface area contributed by atoms with Crippen LogP contribution < -0.4 is 0 Å². The van der Waals surface area contributed by atoms with Crippen LogP contribution in [0.3, 0.4) is 0 Å². The van der Waals surface area contributed by atoms with Crippen LogP contribution in [-0.4, -0.2) is 17.6 Å². The van der Waals surface area contributed by atoms with Gasteiger partial charge < -0.3 is 5.11 Å². The molecule has 17 heavy (non-hydrogen) atoms. The Bertz CT molecular complexity index is 539. The van der Waals surface area contributed by atoms with E-state index in [4.69, 9.17) is 10.6 Å². The first kappa shape index (κ1) is 13.1. The second-order valence-corrected chi connectivity index (χ2v) is 3.92. The maximum absolute atomic E-state index is 11.0. The molecular weight excluding hydrogens is 286 g/mol. The molecule has 1 N–H and O–H groups in total. The lowest BCUT2D eigenvalue weighted by atomic mass is 10.1. The molecule has 0 saturated carbocycles. The zero-order chi connectivity index (χ0) is 12.7. The Morgan fingerprint density at radius 1 is 1.59 bits per heavy atom. The summed E-state index contributed by atoms with van der Waals surface area (Å²) in [5, 5.41) is 12.3. The van der Waals surface area contributed by atoms with E-state index in [2.05, 4.69) is 37.8 Å². The van der Waals surface area contributed by atoms with Gasteiger partial charge in [0.15, 0.2) is 0 Å². The van der Waals surface area contributed by atoms with Crippen molar-refractivity contribution in [1.82, 2.24) is 0 Å². The Hall–Kier alpha value is -1.96. The van der Waals surface area contributed by atoms with Gasteiger partial charge in [-0.1, -0.05) is 32.9 Å². The summed E-state index contributed by atoms with van der Waals surface area (Å²) in [6, 6.07) is 4.86. The van der Waals surface area contributed by atoms with E-state index in [0.29, 0.717) is 16.5 Å². The minimum absolute atomic E-state index is 0.149. The zero-order valence-corrected chi connectivity index (χ0v) is 10.3. The van der Waals surface area contributed by atoms with E-state index in [9.17, 15) is 4.79 Å². The number of azide groups is 1. The molecule has 0 unspecified atom stereocenters. The van der Waals surface area contributed by atoms with Crippen molar-refractivity contribution < 1.29 is 9.90 Å². The van der Waals surface area contributed by atoms with Gasteiger partial charge in [0.2, 0.25) is 0 Å². The van der Waals surface area contributed by atoms with E-state index >= 15 is 0 Å². The van der Waals surface area contributed by atoms with Gasteiger partial charge in [0.25, 0.3) is 0 Å². The van der Waals surface area contributed by atoms with Gasteiger partial charge in [-0.2, -0.15) is 0 Å². The molecule has 0 bridgehead atoms. The van der Waals surface area contributed by atoms with Crippen molar-refractivity contribution in [2.24, 2.45) is 5.11 Å². The summed E-state index contributed by atoms with van der Waals surface area (Å²) < 4.78 is 0.689. The van der Waals surface area contributed by atoms with Gasteiger partial charge in [-0.05, 0) is 23.7 Å². The highest BCUT2D eigenvalue weighted by molar-refractivity contribution is 9.10. The van der Waals surface area contributed by atoms with Crippen LogP contribution in [0.1, 0.15) is 22.3 Å². The van der Waals surface area contributed by atoms with Gasteiger partial charge in [-0.3, -0.25) is 0 Å². The van der Waals surface area contributed by atoms with Crippen molar-refractivity contribution in [3.63, 3.8) is 0 Å². The molecule has 0 aromatic heterocycles. The average Bonchev–Trinajstić information content (AvgIpc) is 2.30. The highest BCUT2D eigenvalue weighted by atomic mass is 79.9. The summed E-state index contributed by atoms with van der Waals surface area (Å²) in [5.74, 6) is 4.48. The zero-order valence-electron chi connectivity index (χ0n) is 8.72. The van der Waals surface area contributed by atoms with Crippen LogP contribution >= 0.6 is 15.9 Å². The van der Waals surface area contributed by atoms with Crippen LogP contribution in [0.2, 0.25) is 0 Å². The molecule has 86 valence electrons. The molecule has 1 rings (SSSR count). The standard InChI is InChI=1S/C11H8BrN3O2/c12-9-5-4-8(10(7-9)11(16)17)3-1-2-6-14-15-13/h4-5,7H,2,6H2,(H,16,17). The molecule has 0 saturated heterocycles. The number of hydrogen-bond acceptors (Lipinski definition) is 2. The predicted octanol–water partition coefficient (Wildman–Crippen LogP) is 3.20. The smallest absolute Gasteiger partial charge is 0.337 e. The Balaban J connectivity index is 2.90. The largest absolute Gasteiger partial charge is 0.478 e. The third-order valence-electron chi connectivity index (χ3n) is 1.84. The van der Waals surface area contributed by atoms with Crippen LogP contribution in [0.5, 0.6) is 0 Å². The Labute approximate surface area is 106 Å². The number of carboxylic acids is 1. The van der Waals surface area contributed by atoms with Crippen molar-refractivity contribution in [2.75, 3.05) is 6.54 Å². The Morgan fingerprint density at radius 3 is 3.00 bits per heavy atom. The number of carbonyl (C=O) groups is 1. The van der Waals surface area contributed by atoms with Crippen LogP contribution in [0.25, 0.3) is 10.4 Å². The van der Waals surface area contributed by atoms with Gasteiger partial charge in [-0.15, -0.1) is 0 Å². The molecule has 0 spiro atoms. The number of rotatable bonds is 3. The third kappa shape index (κ3) is 4.19. The number of halogens is 1. The normalized spacial score (nSPS) is 8.76. The van der Waals surface area contributed by atoms with Gasteiger partial charge in [0.1, 0.15) is 0 Å². The number of aromatic carboxylic acids is 1. The van der Waals surface area contributed by atoms with E-state index in [0.717, 1.165) is 0 Å². The summed E-state index contributed by atoms with van der Waals surface area (Å²) in [6.45, 7) is 0.280. The van der Waals surface area contributed by atoms with Crippen LogP contribution in [-0.2, 0) is 0 Å². The summed E-state index contributed by atoms with van der Waals surface area (Å²) >= 11 is 3.20. The number of hydrogen-bond donors (Lipinski definition) is 1. The minimum Gasteiger partial charge on any atom is -0.478 e. The average molecular weight is 294 g/mol. The first-order chi connectivity index (χ1) is 8.15. The fourth-order valence-electron chi connectivity index (χ4n) is 1.11. The van der Waals surface area contributed by atoms with E-state index in [1.165, 1.54) is 6.07 Å². The molecule has 6 heteroatoms. The van der Waals surface area contributed by atoms with Crippen molar-refractivity contribution in [1.29, 1.82) is 0 Å². The topological polar surface area (TPSA) is 86.1 Å². The highest BCUT2D eigenvalue weighted by Gasteiger charge is 2.08. The van der Waals surface area contributed by atoms with Crippen molar-refractivity contribution in [3.8, 4) is 11.8 Å². The minimum atomic E-state index is -1.02. The first-order valence-corrected chi connectivity index (χ1v) is 5.47. The molecule has 1 aromatic carbocycles. The molecule has 0 aliphatic carbocycles. The first-order valence-electron chi connectivity index (χ1n) is 4.67. The second kappa shape index (κ2) is 6.59. The van der Waals surface area contributed by atoms with Crippen LogP contribution in [0, 0.1) is 11.8 Å². The SMILES string of the molecule is [N-]=[N+]=NCCC#Cc1ccc(Br)cc1C(=O)O. The van der Waals surface area contributed by atoms with Gasteiger partial charge >= 0.3 is 5.97 Å². The fourth-order valence-corrected chi connectivity index (χ4v) is 1.47. The fraction of sp³-hybridized carbons (Fsp3) is 0.182. The maximum Gasteiger partial charge on any atom is 0.337 e.